The van der Waals surface area contributed by atoms with Crippen LogP contribution in [0.1, 0.15) is 66.4 Å². The number of nitrogens with one attached hydrogen (secondary N) is 2. The summed E-state index contributed by atoms with van der Waals surface area (Å²) < 4.78 is 5.59. The van der Waals surface area contributed by atoms with E-state index in [1.807, 2.05) is 18.2 Å². The molecule has 4 nitrogen and oxygen atoms in total. The van der Waals surface area contributed by atoms with E-state index in [4.69, 9.17) is 9.73 Å². The topological polar surface area (TPSA) is 45.7 Å². The van der Waals surface area contributed by atoms with E-state index in [1.54, 1.807) is 7.11 Å². The normalized spacial score (nSPS) is 15.4. The first-order valence-electron chi connectivity index (χ1n) is 9.90. The number of ether oxygens (including phenoxy) is 1. The van der Waals surface area contributed by atoms with E-state index in [9.17, 15) is 0 Å². The molecule has 0 spiro atoms. The number of amidine groups is 1. The summed E-state index contributed by atoms with van der Waals surface area (Å²) in [6.45, 7) is 13.1. The maximum Gasteiger partial charge on any atom is 0.128 e. The summed E-state index contributed by atoms with van der Waals surface area (Å²) in [7, 11) is 1.71. The predicted octanol–water partition coefficient (Wildman–Crippen LogP) is 5.59. The molecule has 1 aromatic rings. The first-order chi connectivity index (χ1) is 12.4. The van der Waals surface area contributed by atoms with Crippen molar-refractivity contribution >= 4 is 28.5 Å². The molecule has 0 heterocycles. The lowest BCUT2D eigenvalue weighted by atomic mass is 10.1. The molecule has 3 atom stereocenters. The molecule has 27 heavy (non-hydrogen) atoms. The quantitative estimate of drug-likeness (QED) is 0.368. The Morgan fingerprint density at radius 1 is 1.00 bits per heavy atom. The lowest BCUT2D eigenvalue weighted by Crippen LogP contribution is -2.33. The third kappa shape index (κ3) is 8.83. The number of hydrogen-bond acceptors (Lipinski definition) is 3. The molecule has 0 radical (unpaired) electrons. The second-order valence-electron chi connectivity index (χ2n) is 6.94. The fraction of sp³-hybridized carbons (Fsp3) is 0.591. The van der Waals surface area contributed by atoms with Crippen molar-refractivity contribution < 1.29 is 4.74 Å². The van der Waals surface area contributed by atoms with Crippen molar-refractivity contribution in [1.82, 2.24) is 10.6 Å². The van der Waals surface area contributed by atoms with Crippen LogP contribution >= 0.6 is 17.0 Å². The third-order valence-corrected chi connectivity index (χ3v) is 4.65. The van der Waals surface area contributed by atoms with E-state index in [1.165, 1.54) is 0 Å². The Hall–Kier alpha value is -1.49. The van der Waals surface area contributed by atoms with Gasteiger partial charge in [0.25, 0.3) is 0 Å². The molecule has 3 unspecified atom stereocenters. The first-order valence-corrected chi connectivity index (χ1v) is 9.90. The molecule has 154 valence electrons. The van der Waals surface area contributed by atoms with Crippen LogP contribution in [-0.4, -0.2) is 31.1 Å². The molecule has 0 aliphatic rings. The Labute approximate surface area is 176 Å². The van der Waals surface area contributed by atoms with Crippen molar-refractivity contribution in [2.45, 2.75) is 78.9 Å². The van der Waals surface area contributed by atoms with Gasteiger partial charge in [-0.3, -0.25) is 4.99 Å². The van der Waals surface area contributed by atoms with Gasteiger partial charge in [0.15, 0.2) is 0 Å². The lowest BCUT2D eigenvalue weighted by Gasteiger charge is -2.21. The number of rotatable bonds is 10. The molecule has 0 amide bonds. The number of methoxy groups -OCH3 is 1. The van der Waals surface area contributed by atoms with E-state index in [0.717, 1.165) is 42.1 Å². The second-order valence-corrected chi connectivity index (χ2v) is 6.94. The van der Waals surface area contributed by atoms with Crippen LogP contribution in [0.5, 0.6) is 5.75 Å². The van der Waals surface area contributed by atoms with Crippen LogP contribution in [0.3, 0.4) is 0 Å². The van der Waals surface area contributed by atoms with Gasteiger partial charge in [-0.1, -0.05) is 32.9 Å². The maximum atomic E-state index is 5.59. The number of hydrogen-bond donors (Lipinski definition) is 2. The average molecular weight is 440 g/mol. The number of halogens is 1. The molecule has 0 aromatic heterocycles. The predicted molar refractivity (Wildman–Crippen MR) is 124 cm³/mol. The standard InChI is InChI=1S/C22H37N3O.BrH/c1-8-16(4)23-20(19-13-11-12-14-21(19)26-7)15-22(24-17(5)9-2)25-18(6)10-3;/h11-18,23H,8-10H2,1-7H3,(H,24,25);1H/b20-15-;. The van der Waals surface area contributed by atoms with Gasteiger partial charge in [-0.05, 0) is 52.2 Å². The van der Waals surface area contributed by atoms with Gasteiger partial charge >= 0.3 is 0 Å². The molecule has 2 N–H and O–H groups in total. The monoisotopic (exact) mass is 439 g/mol. The molecule has 0 aliphatic heterocycles. The zero-order valence-electron chi connectivity index (χ0n) is 18.0. The van der Waals surface area contributed by atoms with Gasteiger partial charge in [-0.15, -0.1) is 17.0 Å². The minimum absolute atomic E-state index is 0. The lowest BCUT2D eigenvalue weighted by molar-refractivity contribution is 0.413. The Morgan fingerprint density at radius 3 is 2.15 bits per heavy atom. The van der Waals surface area contributed by atoms with Crippen LogP contribution in [0.15, 0.2) is 35.3 Å². The summed E-state index contributed by atoms with van der Waals surface area (Å²) in [5.74, 6) is 1.78. The number of para-hydroxylation sites is 1. The highest BCUT2D eigenvalue weighted by molar-refractivity contribution is 8.93. The third-order valence-electron chi connectivity index (χ3n) is 4.65. The van der Waals surface area contributed by atoms with Crippen molar-refractivity contribution in [3.8, 4) is 5.75 Å². The minimum atomic E-state index is 0. The van der Waals surface area contributed by atoms with Gasteiger partial charge in [-0.25, -0.2) is 0 Å². The van der Waals surface area contributed by atoms with Crippen molar-refractivity contribution in [3.63, 3.8) is 0 Å². The van der Waals surface area contributed by atoms with Gasteiger partial charge in [0, 0.05) is 35.5 Å². The average Bonchev–Trinajstić information content (AvgIpc) is 2.66. The molecule has 0 fully saturated rings. The highest BCUT2D eigenvalue weighted by atomic mass is 79.9. The summed E-state index contributed by atoms with van der Waals surface area (Å²) in [5.41, 5.74) is 2.09. The first kappa shape index (κ1) is 25.5. The Balaban J connectivity index is 0.00000676. The van der Waals surface area contributed by atoms with E-state index in [2.05, 4.69) is 64.3 Å². The van der Waals surface area contributed by atoms with Crippen LogP contribution in [0.2, 0.25) is 0 Å². The second kappa shape index (κ2) is 13.6. The van der Waals surface area contributed by atoms with Crippen LogP contribution in [0.25, 0.3) is 5.70 Å². The molecular weight excluding hydrogens is 402 g/mol. The van der Waals surface area contributed by atoms with Crippen molar-refractivity contribution in [2.24, 2.45) is 4.99 Å². The van der Waals surface area contributed by atoms with Crippen molar-refractivity contribution in [1.29, 1.82) is 0 Å². The fourth-order valence-electron chi connectivity index (χ4n) is 2.37. The van der Waals surface area contributed by atoms with Crippen LogP contribution in [0, 0.1) is 0 Å². The van der Waals surface area contributed by atoms with E-state index >= 15 is 0 Å². The van der Waals surface area contributed by atoms with Crippen LogP contribution in [-0.2, 0) is 0 Å². The number of nitrogens with zero attached hydrogens (tertiary/aromatic N) is 1. The number of benzene rings is 1. The highest BCUT2D eigenvalue weighted by Gasteiger charge is 2.13. The smallest absolute Gasteiger partial charge is 0.128 e. The van der Waals surface area contributed by atoms with E-state index in [0.29, 0.717) is 12.1 Å². The highest BCUT2D eigenvalue weighted by Crippen LogP contribution is 2.24. The molecule has 5 heteroatoms. The van der Waals surface area contributed by atoms with E-state index < -0.39 is 0 Å². The van der Waals surface area contributed by atoms with Crippen LogP contribution < -0.4 is 15.4 Å². The summed E-state index contributed by atoms with van der Waals surface area (Å²) >= 11 is 0. The Morgan fingerprint density at radius 2 is 1.59 bits per heavy atom. The van der Waals surface area contributed by atoms with Crippen molar-refractivity contribution in [3.05, 3.63) is 35.9 Å². The summed E-state index contributed by atoms with van der Waals surface area (Å²) in [6.07, 6.45) is 5.24. The minimum Gasteiger partial charge on any atom is -0.496 e. The van der Waals surface area contributed by atoms with Gasteiger partial charge in [0.05, 0.1) is 7.11 Å². The summed E-state index contributed by atoms with van der Waals surface area (Å²) in [4.78, 5) is 4.89. The van der Waals surface area contributed by atoms with Crippen LogP contribution in [0.4, 0.5) is 0 Å². The SMILES string of the molecule is Br.CCC(C)N=C(/C=C(\NC(C)CC)c1ccccc1OC)NC(C)CC. The fourth-order valence-corrected chi connectivity index (χ4v) is 2.37. The van der Waals surface area contributed by atoms with Gasteiger partial charge in [0.1, 0.15) is 11.6 Å². The molecule has 1 rings (SSSR count). The molecule has 0 saturated heterocycles. The molecule has 0 saturated carbocycles. The van der Waals surface area contributed by atoms with Gasteiger partial charge < -0.3 is 15.4 Å². The zero-order valence-corrected chi connectivity index (χ0v) is 19.7. The Kier molecular flexibility index (Phi) is 12.9. The molecule has 0 aliphatic carbocycles. The van der Waals surface area contributed by atoms with Crippen molar-refractivity contribution in [2.75, 3.05) is 7.11 Å². The summed E-state index contributed by atoms with van der Waals surface area (Å²) in [6, 6.07) is 9.13. The largest absolute Gasteiger partial charge is 0.496 e. The number of aliphatic imine (C=N–C) groups is 1. The molecule has 1 aromatic carbocycles. The van der Waals surface area contributed by atoms with Gasteiger partial charge in [-0.2, -0.15) is 0 Å². The van der Waals surface area contributed by atoms with E-state index in [-0.39, 0.29) is 23.0 Å². The molecule has 0 bridgehead atoms. The maximum absolute atomic E-state index is 5.59. The molecular formula is C22H38BrN3O. The van der Waals surface area contributed by atoms with Gasteiger partial charge in [0.2, 0.25) is 0 Å². The zero-order chi connectivity index (χ0) is 19.5. The Bertz CT molecular complexity index is 601. The summed E-state index contributed by atoms with van der Waals surface area (Å²) in [5, 5.41) is 7.18.